The summed E-state index contributed by atoms with van der Waals surface area (Å²) < 4.78 is 0. The highest BCUT2D eigenvalue weighted by molar-refractivity contribution is 5.84. The van der Waals surface area contributed by atoms with Gasteiger partial charge in [0, 0.05) is 17.1 Å². The highest BCUT2D eigenvalue weighted by Crippen LogP contribution is 2.19. The number of nitrogens with one attached hydrogen (secondary N) is 2. The van der Waals surface area contributed by atoms with E-state index in [9.17, 15) is 0 Å². The topological polar surface area (TPSA) is 27.8 Å². The summed E-state index contributed by atoms with van der Waals surface area (Å²) in [4.78, 5) is 3.39. The number of para-hydroxylation sites is 1. The quantitative estimate of drug-likeness (QED) is 0.740. The minimum atomic E-state index is 1.08. The van der Waals surface area contributed by atoms with Gasteiger partial charge in [-0.25, -0.2) is 0 Å². The van der Waals surface area contributed by atoms with Gasteiger partial charge >= 0.3 is 0 Å². The molecule has 2 N–H and O–H groups in total. The van der Waals surface area contributed by atoms with Crippen molar-refractivity contribution in [3.63, 3.8) is 0 Å². The summed E-state index contributed by atoms with van der Waals surface area (Å²) in [5.41, 5.74) is 3.36. The van der Waals surface area contributed by atoms with Crippen LogP contribution in [0, 0.1) is 0 Å². The first-order valence-electron chi connectivity index (χ1n) is 5.32. The molecule has 0 saturated heterocycles. The van der Waals surface area contributed by atoms with E-state index in [0.29, 0.717) is 0 Å². The van der Waals surface area contributed by atoms with Gasteiger partial charge in [-0.1, -0.05) is 30.4 Å². The van der Waals surface area contributed by atoms with Crippen LogP contribution < -0.4 is 5.32 Å². The highest BCUT2D eigenvalue weighted by atomic mass is 14.9. The first-order chi connectivity index (χ1) is 7.93. The van der Waals surface area contributed by atoms with Gasteiger partial charge in [0.2, 0.25) is 0 Å². The molecule has 1 aromatic heterocycles. The van der Waals surface area contributed by atoms with Gasteiger partial charge in [-0.2, -0.15) is 0 Å². The number of aromatic amines is 1. The molecule has 0 atom stereocenters. The molecule has 0 fully saturated rings. The van der Waals surface area contributed by atoms with Crippen molar-refractivity contribution in [3.05, 3.63) is 66.5 Å². The lowest BCUT2D eigenvalue weighted by Gasteiger charge is -2.02. The van der Waals surface area contributed by atoms with E-state index in [0.717, 1.165) is 16.9 Å². The predicted octanol–water partition coefficient (Wildman–Crippen LogP) is 3.18. The van der Waals surface area contributed by atoms with E-state index in [1.165, 1.54) is 5.39 Å². The zero-order valence-electron chi connectivity index (χ0n) is 8.77. The Morgan fingerprint density at radius 2 is 1.88 bits per heavy atom. The third-order valence-corrected chi connectivity index (χ3v) is 2.64. The SMILES string of the molecule is C1=CC=C(c2cc3ccccc3[nH]2)NC=C1. The van der Waals surface area contributed by atoms with Gasteiger partial charge in [0.05, 0.1) is 11.4 Å². The average molecular weight is 208 g/mol. The van der Waals surface area contributed by atoms with Crippen molar-refractivity contribution in [1.82, 2.24) is 10.3 Å². The van der Waals surface area contributed by atoms with Gasteiger partial charge in [-0.3, -0.25) is 0 Å². The van der Waals surface area contributed by atoms with E-state index < -0.39 is 0 Å². The third kappa shape index (κ3) is 1.54. The van der Waals surface area contributed by atoms with Gasteiger partial charge in [0.1, 0.15) is 0 Å². The largest absolute Gasteiger partial charge is 0.360 e. The molecule has 1 aromatic carbocycles. The summed E-state index contributed by atoms with van der Waals surface area (Å²) in [5.74, 6) is 0. The van der Waals surface area contributed by atoms with E-state index in [4.69, 9.17) is 0 Å². The van der Waals surface area contributed by atoms with Gasteiger partial charge in [-0.05, 0) is 24.3 Å². The molecule has 2 nitrogen and oxygen atoms in total. The lowest BCUT2D eigenvalue weighted by molar-refractivity contribution is 1.19. The van der Waals surface area contributed by atoms with Gasteiger partial charge in [0.15, 0.2) is 0 Å². The number of rotatable bonds is 1. The highest BCUT2D eigenvalue weighted by Gasteiger charge is 2.04. The molecule has 0 unspecified atom stereocenters. The molecule has 2 aromatic rings. The van der Waals surface area contributed by atoms with Gasteiger partial charge < -0.3 is 10.3 Å². The third-order valence-electron chi connectivity index (χ3n) is 2.64. The Bertz CT molecular complexity index is 567. The maximum atomic E-state index is 3.39. The molecular weight excluding hydrogens is 196 g/mol. The summed E-state index contributed by atoms with van der Waals surface area (Å²) >= 11 is 0. The Morgan fingerprint density at radius 1 is 0.938 bits per heavy atom. The molecule has 16 heavy (non-hydrogen) atoms. The van der Waals surface area contributed by atoms with Crippen LogP contribution >= 0.6 is 0 Å². The molecule has 0 aliphatic carbocycles. The van der Waals surface area contributed by atoms with Crippen LogP contribution in [0.1, 0.15) is 5.69 Å². The lowest BCUT2D eigenvalue weighted by atomic mass is 10.2. The van der Waals surface area contributed by atoms with E-state index in [2.05, 4.69) is 40.6 Å². The minimum absolute atomic E-state index is 1.08. The molecule has 1 aliphatic rings. The predicted molar refractivity (Wildman–Crippen MR) is 67.7 cm³/mol. The van der Waals surface area contributed by atoms with Crippen molar-refractivity contribution in [2.24, 2.45) is 0 Å². The molecule has 0 spiro atoms. The number of allylic oxidation sites excluding steroid dienone is 4. The molecule has 3 rings (SSSR count). The number of hydrogen-bond acceptors (Lipinski definition) is 1. The Morgan fingerprint density at radius 3 is 2.81 bits per heavy atom. The molecule has 78 valence electrons. The molecule has 0 bridgehead atoms. The van der Waals surface area contributed by atoms with E-state index in [-0.39, 0.29) is 0 Å². The zero-order chi connectivity index (χ0) is 10.8. The van der Waals surface area contributed by atoms with Crippen LogP contribution in [0.2, 0.25) is 0 Å². The van der Waals surface area contributed by atoms with Crippen LogP contribution in [0.5, 0.6) is 0 Å². The van der Waals surface area contributed by atoms with Crippen LogP contribution in [-0.2, 0) is 0 Å². The fourth-order valence-corrected chi connectivity index (χ4v) is 1.84. The molecule has 2 heteroatoms. The number of H-pyrrole nitrogens is 1. The fourth-order valence-electron chi connectivity index (χ4n) is 1.84. The average Bonchev–Trinajstić information content (AvgIpc) is 2.56. The zero-order valence-corrected chi connectivity index (χ0v) is 8.77. The molecule has 1 aliphatic heterocycles. The van der Waals surface area contributed by atoms with Crippen molar-refractivity contribution in [2.45, 2.75) is 0 Å². The smallest absolute Gasteiger partial charge is 0.0630 e. The Hall–Kier alpha value is -2.22. The normalized spacial score (nSPS) is 14.6. The summed E-state index contributed by atoms with van der Waals surface area (Å²) in [5, 5.41) is 4.48. The Kier molecular flexibility index (Phi) is 2.11. The molecule has 0 radical (unpaired) electrons. The second-order valence-electron chi connectivity index (χ2n) is 3.74. The van der Waals surface area contributed by atoms with Crippen LogP contribution in [-0.4, -0.2) is 4.98 Å². The van der Waals surface area contributed by atoms with Crippen molar-refractivity contribution in [2.75, 3.05) is 0 Å². The first-order valence-corrected chi connectivity index (χ1v) is 5.32. The standard InChI is InChI=1S/C14H12N2/c1-2-8-13(15-9-5-1)14-10-11-6-3-4-7-12(11)16-14/h1-10,15-16H. The van der Waals surface area contributed by atoms with E-state index >= 15 is 0 Å². The van der Waals surface area contributed by atoms with Gasteiger partial charge in [-0.15, -0.1) is 0 Å². The number of aromatic nitrogens is 1. The van der Waals surface area contributed by atoms with Gasteiger partial charge in [0.25, 0.3) is 0 Å². The minimum Gasteiger partial charge on any atom is -0.360 e. The van der Waals surface area contributed by atoms with Crippen molar-refractivity contribution < 1.29 is 0 Å². The number of fused-ring (bicyclic) bond motifs is 1. The Labute approximate surface area is 94.0 Å². The maximum absolute atomic E-state index is 3.39. The number of hydrogen-bond donors (Lipinski definition) is 2. The van der Waals surface area contributed by atoms with Crippen molar-refractivity contribution in [3.8, 4) is 0 Å². The molecule has 0 saturated carbocycles. The second-order valence-corrected chi connectivity index (χ2v) is 3.74. The molecule has 2 heterocycles. The van der Waals surface area contributed by atoms with Crippen LogP contribution in [0.15, 0.2) is 60.8 Å². The summed E-state index contributed by atoms with van der Waals surface area (Å²) in [6.45, 7) is 0. The van der Waals surface area contributed by atoms with Crippen molar-refractivity contribution in [1.29, 1.82) is 0 Å². The summed E-state index contributed by atoms with van der Waals surface area (Å²) in [6.07, 6.45) is 10.00. The Balaban J connectivity index is 2.09. The lowest BCUT2D eigenvalue weighted by Crippen LogP contribution is -2.02. The maximum Gasteiger partial charge on any atom is 0.0630 e. The van der Waals surface area contributed by atoms with Crippen molar-refractivity contribution >= 4 is 16.6 Å². The fraction of sp³-hybridized carbons (Fsp3) is 0. The summed E-state index contributed by atoms with van der Waals surface area (Å²) in [6, 6.07) is 10.4. The van der Waals surface area contributed by atoms with Crippen LogP contribution in [0.3, 0.4) is 0 Å². The monoisotopic (exact) mass is 208 g/mol. The van der Waals surface area contributed by atoms with E-state index in [1.807, 2.05) is 30.5 Å². The first kappa shape index (κ1) is 9.04. The summed E-state index contributed by atoms with van der Waals surface area (Å²) in [7, 11) is 0. The second kappa shape index (κ2) is 3.74. The number of benzene rings is 1. The van der Waals surface area contributed by atoms with Crippen LogP contribution in [0.25, 0.3) is 16.6 Å². The van der Waals surface area contributed by atoms with Crippen LogP contribution in [0.4, 0.5) is 0 Å². The molecular formula is C14H12N2. The molecule has 0 amide bonds. The van der Waals surface area contributed by atoms with E-state index in [1.54, 1.807) is 0 Å².